The predicted octanol–water partition coefficient (Wildman–Crippen LogP) is 3.31. The molecule has 0 unspecified atom stereocenters. The average Bonchev–Trinajstić information content (AvgIpc) is 1.58. The minimum Gasteiger partial charge on any atom is -0.0328 e. The molecule has 0 N–H and O–H groups in total. The summed E-state index contributed by atoms with van der Waals surface area (Å²) in [5.74, 6) is 0. The van der Waals surface area contributed by atoms with Gasteiger partial charge in [0.15, 0.2) is 0 Å². The van der Waals surface area contributed by atoms with Gasteiger partial charge in [-0.3, -0.25) is 0 Å². The highest BCUT2D eigenvalue weighted by molar-refractivity contribution is 7.99. The first-order valence-corrected chi connectivity index (χ1v) is 6.46. The van der Waals surface area contributed by atoms with Crippen LogP contribution in [0.5, 0.6) is 0 Å². The van der Waals surface area contributed by atoms with E-state index in [0.29, 0.717) is 0 Å². The molecular weight excluding hydrogens is 150 g/mol. The van der Waals surface area contributed by atoms with E-state index < -0.39 is 7.14 Å². The van der Waals surface area contributed by atoms with Crippen LogP contribution in [-0.4, -0.2) is 24.5 Å². The van der Waals surface area contributed by atoms with Gasteiger partial charge in [0, 0.05) is 6.66 Å². The molecule has 0 amide bonds. The zero-order valence-electron chi connectivity index (χ0n) is 9.02. The zero-order chi connectivity index (χ0) is 9.50. The summed E-state index contributed by atoms with van der Waals surface area (Å²) in [7, 11) is 5.07. The molecule has 0 atom stereocenters. The van der Waals surface area contributed by atoms with Crippen molar-refractivity contribution in [3.8, 4) is 0 Å². The summed E-state index contributed by atoms with van der Waals surface area (Å²) < 4.78 is 0. The second kappa shape index (κ2) is 2.77. The van der Waals surface area contributed by atoms with Gasteiger partial charge in [-0.2, -0.15) is 0 Å². The lowest BCUT2D eigenvalue weighted by atomic mass is 10.2. The Morgan fingerprint density at radius 2 is 1.00 bits per heavy atom. The maximum Gasteiger partial charge on any atom is 0.365 e. The smallest absolute Gasteiger partial charge is 0.0328 e. The van der Waals surface area contributed by atoms with E-state index in [4.69, 9.17) is 7.57 Å². The van der Waals surface area contributed by atoms with E-state index in [-0.39, 0.29) is 10.3 Å². The minimum absolute atomic E-state index is 0.269. The van der Waals surface area contributed by atoms with Gasteiger partial charge in [-0.1, -0.05) is 0 Å². The lowest BCUT2D eigenvalue weighted by Crippen LogP contribution is -2.33. The SMILES string of the molecule is [B][P+](C)(C(C)(C)C)C(C)(C)C. The summed E-state index contributed by atoms with van der Waals surface area (Å²) in [6, 6.07) is 0. The number of hydrogen-bond acceptors (Lipinski definition) is 0. The quantitative estimate of drug-likeness (QED) is 0.387. The van der Waals surface area contributed by atoms with E-state index in [1.165, 1.54) is 0 Å². The molecule has 0 saturated heterocycles. The van der Waals surface area contributed by atoms with Crippen molar-refractivity contribution in [2.45, 2.75) is 51.9 Å². The monoisotopic (exact) mass is 171 g/mol. The topological polar surface area (TPSA) is 0 Å². The van der Waals surface area contributed by atoms with E-state index in [9.17, 15) is 0 Å². The summed E-state index contributed by atoms with van der Waals surface area (Å²) in [5.41, 5.74) is 0. The van der Waals surface area contributed by atoms with Gasteiger partial charge in [-0.05, 0) is 48.7 Å². The van der Waals surface area contributed by atoms with Gasteiger partial charge in [0.05, 0.1) is 10.3 Å². The van der Waals surface area contributed by atoms with Crippen LogP contribution in [0.3, 0.4) is 0 Å². The first-order chi connectivity index (χ1) is 4.50. The minimum atomic E-state index is -1.31. The molecule has 0 spiro atoms. The molecule has 11 heavy (non-hydrogen) atoms. The Kier molecular flexibility index (Phi) is 2.89. The molecule has 0 nitrogen and oxygen atoms in total. The molecule has 0 heterocycles. The lowest BCUT2D eigenvalue weighted by Gasteiger charge is -2.42. The van der Waals surface area contributed by atoms with Crippen LogP contribution in [0.15, 0.2) is 0 Å². The van der Waals surface area contributed by atoms with Crippen molar-refractivity contribution in [1.82, 2.24) is 0 Å². The van der Waals surface area contributed by atoms with Crippen LogP contribution in [0.1, 0.15) is 41.5 Å². The van der Waals surface area contributed by atoms with Gasteiger partial charge in [-0.25, -0.2) is 0 Å². The average molecular weight is 171 g/mol. The highest BCUT2D eigenvalue weighted by Crippen LogP contribution is 2.70. The van der Waals surface area contributed by atoms with Crippen molar-refractivity contribution < 1.29 is 0 Å². The maximum atomic E-state index is 6.38. The molecule has 0 aromatic rings. The summed E-state index contributed by atoms with van der Waals surface area (Å²) in [6.07, 6.45) is 0. The first-order valence-electron chi connectivity index (χ1n) is 4.15. The third-order valence-corrected chi connectivity index (χ3v) is 8.36. The molecule has 0 fully saturated rings. The van der Waals surface area contributed by atoms with Crippen molar-refractivity contribution in [2.24, 2.45) is 0 Å². The Morgan fingerprint density at radius 3 is 1.00 bits per heavy atom. The van der Waals surface area contributed by atoms with Crippen LogP contribution in [0.25, 0.3) is 0 Å². The molecule has 0 bridgehead atoms. The molecular formula is C9H21BP+. The molecule has 0 aliphatic heterocycles. The van der Waals surface area contributed by atoms with Crippen LogP contribution in [0.4, 0.5) is 0 Å². The maximum absolute atomic E-state index is 6.38. The fraction of sp³-hybridized carbons (Fsp3) is 1.00. The summed E-state index contributed by atoms with van der Waals surface area (Å²) in [4.78, 5) is 0. The Morgan fingerprint density at radius 1 is 0.818 bits per heavy atom. The van der Waals surface area contributed by atoms with Crippen LogP contribution >= 0.6 is 7.14 Å². The third-order valence-electron chi connectivity index (χ3n) is 2.79. The lowest BCUT2D eigenvalue weighted by molar-refractivity contribution is 0.704. The van der Waals surface area contributed by atoms with Crippen molar-refractivity contribution >= 4 is 14.7 Å². The molecule has 0 aliphatic rings. The summed E-state index contributed by atoms with van der Waals surface area (Å²) in [5, 5.41) is 0.538. The Bertz CT molecular complexity index is 121. The van der Waals surface area contributed by atoms with E-state index in [1.807, 2.05) is 0 Å². The highest BCUT2D eigenvalue weighted by atomic mass is 31.2. The van der Waals surface area contributed by atoms with E-state index >= 15 is 0 Å². The van der Waals surface area contributed by atoms with Crippen molar-refractivity contribution in [3.63, 3.8) is 0 Å². The molecule has 0 aromatic heterocycles. The second-order valence-corrected chi connectivity index (χ2v) is 10.3. The number of rotatable bonds is 0. The van der Waals surface area contributed by atoms with Crippen LogP contribution < -0.4 is 0 Å². The van der Waals surface area contributed by atoms with Gasteiger partial charge >= 0.3 is 7.57 Å². The second-order valence-electron chi connectivity index (χ2n) is 5.42. The highest BCUT2D eigenvalue weighted by Gasteiger charge is 2.48. The summed E-state index contributed by atoms with van der Waals surface area (Å²) in [6.45, 7) is 15.7. The van der Waals surface area contributed by atoms with Gasteiger partial charge in [0.25, 0.3) is 0 Å². The van der Waals surface area contributed by atoms with Crippen LogP contribution in [0, 0.1) is 0 Å². The Labute approximate surface area is 73.9 Å². The summed E-state index contributed by atoms with van der Waals surface area (Å²) >= 11 is 0. The predicted molar refractivity (Wildman–Crippen MR) is 58.1 cm³/mol. The number of hydrogen-bond donors (Lipinski definition) is 0. The van der Waals surface area contributed by atoms with Crippen molar-refractivity contribution in [1.29, 1.82) is 0 Å². The Balaban J connectivity index is 4.75. The molecule has 0 aromatic carbocycles. The van der Waals surface area contributed by atoms with Gasteiger partial charge < -0.3 is 0 Å². The van der Waals surface area contributed by atoms with E-state index in [1.54, 1.807) is 0 Å². The normalized spacial score (nSPS) is 15.2. The van der Waals surface area contributed by atoms with Crippen LogP contribution in [0.2, 0.25) is 0 Å². The zero-order valence-corrected chi connectivity index (χ0v) is 9.92. The van der Waals surface area contributed by atoms with Crippen LogP contribution in [-0.2, 0) is 0 Å². The van der Waals surface area contributed by atoms with Crippen molar-refractivity contribution in [3.05, 3.63) is 0 Å². The standard InChI is InChI=1S/C9H21BP/c1-8(2,3)11(7,10)9(4,5)6/h1-7H3/q+1. The molecule has 2 heteroatoms. The van der Waals surface area contributed by atoms with E-state index in [0.717, 1.165) is 0 Å². The van der Waals surface area contributed by atoms with Crippen molar-refractivity contribution in [2.75, 3.05) is 6.66 Å². The fourth-order valence-electron chi connectivity index (χ4n) is 1.01. The fourth-order valence-corrected chi connectivity index (χ4v) is 3.02. The molecule has 0 saturated carbocycles. The van der Waals surface area contributed by atoms with Gasteiger partial charge in [0.2, 0.25) is 0 Å². The van der Waals surface area contributed by atoms with Gasteiger partial charge in [-0.15, -0.1) is 0 Å². The molecule has 0 rings (SSSR count). The first kappa shape index (κ1) is 11.5. The Hall–Kier alpha value is 0.495. The third kappa shape index (κ3) is 2.21. The molecule has 0 aliphatic carbocycles. The van der Waals surface area contributed by atoms with E-state index in [2.05, 4.69) is 48.2 Å². The largest absolute Gasteiger partial charge is 0.365 e. The molecule has 64 valence electrons. The van der Waals surface area contributed by atoms with Gasteiger partial charge in [0.1, 0.15) is 0 Å². The molecule has 2 radical (unpaired) electrons.